The lowest BCUT2D eigenvalue weighted by atomic mass is 9.91. The number of fused-ring (bicyclic) bond motifs is 1. The Kier molecular flexibility index (Phi) is 4.87. The van der Waals surface area contributed by atoms with Crippen LogP contribution in [0.15, 0.2) is 0 Å². The van der Waals surface area contributed by atoms with Crippen LogP contribution in [0.3, 0.4) is 0 Å². The van der Waals surface area contributed by atoms with Gasteiger partial charge in [-0.2, -0.15) is 0 Å². The Balaban J connectivity index is 2.89. The molecule has 1 unspecified atom stereocenters. The van der Waals surface area contributed by atoms with Gasteiger partial charge in [0.1, 0.15) is 5.82 Å². The summed E-state index contributed by atoms with van der Waals surface area (Å²) in [6, 6.07) is 0. The summed E-state index contributed by atoms with van der Waals surface area (Å²) in [4.78, 5) is 0. The van der Waals surface area contributed by atoms with Gasteiger partial charge in [-0.1, -0.05) is 26.7 Å². The summed E-state index contributed by atoms with van der Waals surface area (Å²) in [7, 11) is 0. The first-order chi connectivity index (χ1) is 10.7. The van der Waals surface area contributed by atoms with Crippen molar-refractivity contribution in [1.82, 2.24) is 0 Å². The average molecular weight is 338 g/mol. The second kappa shape index (κ2) is 6.37. The standard InChI is InChI=1S/C16H13F7/c1-3-4-5-6(2)7-10(17)8-9(12(19)11(7)18)14(21)16(23)15(22)13(8)20/h6H,3-5H2,1-2H3. The quantitative estimate of drug-likeness (QED) is 0.359. The van der Waals surface area contributed by atoms with Gasteiger partial charge in [0.25, 0.3) is 0 Å². The molecular formula is C16H13F7. The van der Waals surface area contributed by atoms with Gasteiger partial charge in [-0.3, -0.25) is 0 Å². The Hall–Kier alpha value is -1.79. The Morgan fingerprint density at radius 3 is 1.57 bits per heavy atom. The molecule has 0 aromatic heterocycles. The van der Waals surface area contributed by atoms with Gasteiger partial charge >= 0.3 is 0 Å². The van der Waals surface area contributed by atoms with Crippen molar-refractivity contribution in [2.24, 2.45) is 0 Å². The highest BCUT2D eigenvalue weighted by Crippen LogP contribution is 2.37. The third kappa shape index (κ3) is 2.66. The minimum absolute atomic E-state index is 0.267. The van der Waals surface area contributed by atoms with Crippen molar-refractivity contribution in [3.05, 3.63) is 46.3 Å². The molecule has 1 atom stereocenters. The van der Waals surface area contributed by atoms with Gasteiger partial charge in [0.05, 0.1) is 10.8 Å². The van der Waals surface area contributed by atoms with Crippen molar-refractivity contribution in [3.63, 3.8) is 0 Å². The van der Waals surface area contributed by atoms with E-state index < -0.39 is 63.0 Å². The minimum atomic E-state index is -2.32. The van der Waals surface area contributed by atoms with E-state index in [1.807, 2.05) is 6.92 Å². The molecule has 2 rings (SSSR count). The van der Waals surface area contributed by atoms with E-state index in [4.69, 9.17) is 0 Å². The first-order valence-corrected chi connectivity index (χ1v) is 7.05. The minimum Gasteiger partial charge on any atom is -0.206 e. The van der Waals surface area contributed by atoms with E-state index in [-0.39, 0.29) is 6.42 Å². The van der Waals surface area contributed by atoms with Crippen LogP contribution in [0, 0.1) is 40.7 Å². The molecule has 0 aliphatic rings. The van der Waals surface area contributed by atoms with Crippen molar-refractivity contribution in [1.29, 1.82) is 0 Å². The first kappa shape index (κ1) is 17.6. The summed E-state index contributed by atoms with van der Waals surface area (Å²) < 4.78 is 96.5. The molecule has 0 N–H and O–H groups in total. The van der Waals surface area contributed by atoms with Crippen LogP contribution in [-0.2, 0) is 0 Å². The molecule has 7 heteroatoms. The number of hydrogen-bond donors (Lipinski definition) is 0. The van der Waals surface area contributed by atoms with Crippen LogP contribution in [0.2, 0.25) is 0 Å². The monoisotopic (exact) mass is 338 g/mol. The van der Waals surface area contributed by atoms with Crippen LogP contribution in [-0.4, -0.2) is 0 Å². The van der Waals surface area contributed by atoms with Gasteiger partial charge < -0.3 is 0 Å². The van der Waals surface area contributed by atoms with Crippen LogP contribution in [0.25, 0.3) is 10.8 Å². The highest BCUT2D eigenvalue weighted by molar-refractivity contribution is 5.86. The Bertz CT molecular complexity index is 768. The molecule has 0 fully saturated rings. The predicted octanol–water partition coefficient (Wildman–Crippen LogP) is 6.11. The topological polar surface area (TPSA) is 0 Å². The predicted molar refractivity (Wildman–Crippen MR) is 71.6 cm³/mol. The summed E-state index contributed by atoms with van der Waals surface area (Å²) in [5.41, 5.74) is -0.798. The van der Waals surface area contributed by atoms with Crippen molar-refractivity contribution in [2.45, 2.75) is 39.0 Å². The highest BCUT2D eigenvalue weighted by Gasteiger charge is 2.31. The van der Waals surface area contributed by atoms with Gasteiger partial charge in [-0.05, 0) is 12.3 Å². The summed E-state index contributed by atoms with van der Waals surface area (Å²) in [6.45, 7) is 3.21. The zero-order valence-corrected chi connectivity index (χ0v) is 12.3. The van der Waals surface area contributed by atoms with Crippen LogP contribution in [0.4, 0.5) is 30.7 Å². The summed E-state index contributed by atoms with van der Waals surface area (Å²) in [5.74, 6) is -15.0. The molecule has 0 spiro atoms. The average Bonchev–Trinajstić information content (AvgIpc) is 2.52. The van der Waals surface area contributed by atoms with E-state index in [0.717, 1.165) is 0 Å². The molecule has 2 aromatic carbocycles. The Morgan fingerprint density at radius 2 is 1.09 bits per heavy atom. The largest absolute Gasteiger partial charge is 0.206 e. The number of hydrogen-bond acceptors (Lipinski definition) is 0. The lowest BCUT2D eigenvalue weighted by Crippen LogP contribution is -2.10. The molecule has 2 aromatic rings. The van der Waals surface area contributed by atoms with E-state index >= 15 is 0 Å². The second-order valence-electron chi connectivity index (χ2n) is 5.40. The highest BCUT2D eigenvalue weighted by atomic mass is 19.2. The van der Waals surface area contributed by atoms with Crippen LogP contribution < -0.4 is 0 Å². The fraction of sp³-hybridized carbons (Fsp3) is 0.375. The van der Waals surface area contributed by atoms with Gasteiger partial charge in [0.15, 0.2) is 34.9 Å². The van der Waals surface area contributed by atoms with Gasteiger partial charge in [0.2, 0.25) is 0 Å². The van der Waals surface area contributed by atoms with Crippen molar-refractivity contribution < 1.29 is 30.7 Å². The zero-order valence-electron chi connectivity index (χ0n) is 12.3. The van der Waals surface area contributed by atoms with E-state index in [1.165, 1.54) is 6.92 Å². The maximum atomic E-state index is 14.4. The molecule has 0 nitrogen and oxygen atoms in total. The SMILES string of the molecule is CCCCC(C)c1c(F)c(F)c2c(F)c(F)c(F)c(F)c2c1F. The third-order valence-electron chi connectivity index (χ3n) is 3.86. The maximum absolute atomic E-state index is 14.4. The number of benzene rings is 2. The van der Waals surface area contributed by atoms with Crippen LogP contribution in [0.1, 0.15) is 44.6 Å². The molecule has 0 heterocycles. The molecule has 23 heavy (non-hydrogen) atoms. The smallest absolute Gasteiger partial charge is 0.198 e. The zero-order chi connectivity index (χ0) is 17.5. The van der Waals surface area contributed by atoms with Gasteiger partial charge in [0, 0.05) is 5.56 Å². The van der Waals surface area contributed by atoms with Crippen molar-refractivity contribution in [2.75, 3.05) is 0 Å². The fourth-order valence-electron chi connectivity index (χ4n) is 2.59. The van der Waals surface area contributed by atoms with Crippen LogP contribution in [0.5, 0.6) is 0 Å². The fourth-order valence-corrected chi connectivity index (χ4v) is 2.59. The molecule has 0 aliphatic heterocycles. The molecule has 0 aliphatic carbocycles. The van der Waals surface area contributed by atoms with E-state index in [2.05, 4.69) is 0 Å². The molecule has 0 saturated heterocycles. The van der Waals surface area contributed by atoms with E-state index in [9.17, 15) is 30.7 Å². The van der Waals surface area contributed by atoms with Crippen LogP contribution >= 0.6 is 0 Å². The third-order valence-corrected chi connectivity index (χ3v) is 3.86. The summed E-state index contributed by atoms with van der Waals surface area (Å²) >= 11 is 0. The lowest BCUT2D eigenvalue weighted by Gasteiger charge is -2.17. The molecule has 0 bridgehead atoms. The molecule has 126 valence electrons. The molecule has 0 amide bonds. The molecular weight excluding hydrogens is 325 g/mol. The Morgan fingerprint density at radius 1 is 0.652 bits per heavy atom. The maximum Gasteiger partial charge on any atom is 0.198 e. The number of rotatable bonds is 4. The van der Waals surface area contributed by atoms with E-state index in [1.54, 1.807) is 0 Å². The normalized spacial score (nSPS) is 12.9. The number of halogens is 7. The lowest BCUT2D eigenvalue weighted by molar-refractivity contribution is 0.409. The Labute approximate surface area is 127 Å². The van der Waals surface area contributed by atoms with E-state index in [0.29, 0.717) is 12.8 Å². The molecule has 0 radical (unpaired) electrons. The summed E-state index contributed by atoms with van der Waals surface area (Å²) in [5, 5.41) is -2.98. The first-order valence-electron chi connectivity index (χ1n) is 7.05. The number of unbranched alkanes of at least 4 members (excludes halogenated alkanes) is 1. The molecule has 0 saturated carbocycles. The second-order valence-corrected chi connectivity index (χ2v) is 5.40. The van der Waals surface area contributed by atoms with Crippen molar-refractivity contribution in [3.8, 4) is 0 Å². The summed E-state index contributed by atoms with van der Waals surface area (Å²) in [6.07, 6.45) is 1.53. The van der Waals surface area contributed by atoms with Gasteiger partial charge in [-0.15, -0.1) is 0 Å². The van der Waals surface area contributed by atoms with Gasteiger partial charge in [-0.25, -0.2) is 30.7 Å². The van der Waals surface area contributed by atoms with Crippen molar-refractivity contribution >= 4 is 10.8 Å².